The van der Waals surface area contributed by atoms with Gasteiger partial charge in [0.2, 0.25) is 21.8 Å². The molecule has 0 bridgehead atoms. The third-order valence-electron chi connectivity index (χ3n) is 7.01. The number of hydrogen-bond acceptors (Lipinski definition) is 4. The van der Waals surface area contributed by atoms with Crippen molar-refractivity contribution in [2.45, 2.75) is 65.1 Å². The molecule has 3 aromatic rings. The standard InChI is InChI=1S/C32H40FN3O4S/c1-5-25(3)34-32(38)30(22-26-10-7-6-8-11-26)35(23-27-15-17-28(33)18-16-27)31(37)12-9-21-36(41(4,39)40)29-19-13-24(2)14-20-29/h6-8,10-11,13-20,25,30H,5,9,12,21-23H2,1-4H3,(H,34,38)/t25-,30-/m0/s1. The number of carbonyl (C=O) groups is 2. The Bertz CT molecular complexity index is 1380. The maximum Gasteiger partial charge on any atom is 0.243 e. The van der Waals surface area contributed by atoms with Crippen molar-refractivity contribution in [3.05, 3.63) is 101 Å². The van der Waals surface area contributed by atoms with E-state index in [1.807, 2.05) is 63.2 Å². The zero-order chi connectivity index (χ0) is 30.0. The number of amides is 2. The smallest absolute Gasteiger partial charge is 0.243 e. The second-order valence-corrected chi connectivity index (χ2v) is 12.4. The summed E-state index contributed by atoms with van der Waals surface area (Å²) < 4.78 is 40.1. The van der Waals surface area contributed by atoms with Crippen LogP contribution in [0.15, 0.2) is 78.9 Å². The van der Waals surface area contributed by atoms with Gasteiger partial charge in [0, 0.05) is 32.0 Å². The first-order valence-electron chi connectivity index (χ1n) is 13.9. The lowest BCUT2D eigenvalue weighted by atomic mass is 10.0. The van der Waals surface area contributed by atoms with Crippen LogP contribution in [0.25, 0.3) is 0 Å². The zero-order valence-corrected chi connectivity index (χ0v) is 25.0. The lowest BCUT2D eigenvalue weighted by molar-refractivity contribution is -0.141. The Morgan fingerprint density at radius 1 is 0.927 bits per heavy atom. The average molecular weight is 582 g/mol. The molecule has 0 unspecified atom stereocenters. The molecule has 0 heterocycles. The number of aryl methyl sites for hydroxylation is 1. The lowest BCUT2D eigenvalue weighted by Crippen LogP contribution is -2.52. The fourth-order valence-corrected chi connectivity index (χ4v) is 5.46. The Morgan fingerprint density at radius 2 is 1.56 bits per heavy atom. The summed E-state index contributed by atoms with van der Waals surface area (Å²) in [5, 5.41) is 3.02. The molecule has 41 heavy (non-hydrogen) atoms. The van der Waals surface area contributed by atoms with Gasteiger partial charge in [-0.3, -0.25) is 13.9 Å². The van der Waals surface area contributed by atoms with Crippen LogP contribution in [0.4, 0.5) is 10.1 Å². The fraction of sp³-hybridized carbons (Fsp3) is 0.375. The second kappa shape index (κ2) is 14.8. The summed E-state index contributed by atoms with van der Waals surface area (Å²) in [6.07, 6.45) is 2.46. The number of halogens is 1. The molecule has 2 atom stereocenters. The number of nitrogens with zero attached hydrogens (tertiary/aromatic N) is 2. The van der Waals surface area contributed by atoms with Gasteiger partial charge in [-0.2, -0.15) is 0 Å². The normalized spacial score (nSPS) is 12.8. The number of carbonyl (C=O) groups excluding carboxylic acids is 2. The third-order valence-corrected chi connectivity index (χ3v) is 8.21. The van der Waals surface area contributed by atoms with Gasteiger partial charge in [0.05, 0.1) is 11.9 Å². The Hall–Kier alpha value is -3.72. The summed E-state index contributed by atoms with van der Waals surface area (Å²) in [7, 11) is -3.58. The van der Waals surface area contributed by atoms with Crippen LogP contribution in [0.5, 0.6) is 0 Å². The van der Waals surface area contributed by atoms with Crippen LogP contribution >= 0.6 is 0 Å². The van der Waals surface area contributed by atoms with Crippen LogP contribution < -0.4 is 9.62 Å². The molecule has 0 aliphatic carbocycles. The summed E-state index contributed by atoms with van der Waals surface area (Å²) in [5.74, 6) is -0.943. The predicted molar refractivity (Wildman–Crippen MR) is 161 cm³/mol. The van der Waals surface area contributed by atoms with E-state index in [0.29, 0.717) is 17.7 Å². The van der Waals surface area contributed by atoms with Crippen molar-refractivity contribution in [3.8, 4) is 0 Å². The number of anilines is 1. The first kappa shape index (κ1) is 31.8. The van der Waals surface area contributed by atoms with Crippen molar-refractivity contribution in [1.29, 1.82) is 0 Å². The van der Waals surface area contributed by atoms with E-state index < -0.39 is 16.1 Å². The second-order valence-electron chi connectivity index (χ2n) is 10.4. The van der Waals surface area contributed by atoms with Gasteiger partial charge in [-0.25, -0.2) is 12.8 Å². The number of nitrogens with one attached hydrogen (secondary N) is 1. The molecule has 2 amide bonds. The minimum atomic E-state index is -3.58. The number of rotatable bonds is 14. The van der Waals surface area contributed by atoms with Crippen LogP contribution in [0.2, 0.25) is 0 Å². The number of benzene rings is 3. The minimum absolute atomic E-state index is 0.0287. The number of sulfonamides is 1. The van der Waals surface area contributed by atoms with Crippen molar-refractivity contribution in [2.75, 3.05) is 17.1 Å². The molecule has 0 fully saturated rings. The first-order valence-corrected chi connectivity index (χ1v) is 15.7. The summed E-state index contributed by atoms with van der Waals surface area (Å²) in [6, 6.07) is 21.6. The first-order chi connectivity index (χ1) is 19.5. The van der Waals surface area contributed by atoms with Crippen LogP contribution in [0.3, 0.4) is 0 Å². The van der Waals surface area contributed by atoms with Crippen LogP contribution in [-0.2, 0) is 32.6 Å². The molecular formula is C32H40FN3O4S. The van der Waals surface area contributed by atoms with Gasteiger partial charge in [-0.05, 0) is 62.1 Å². The number of hydrogen-bond donors (Lipinski definition) is 1. The molecule has 3 rings (SSSR count). The average Bonchev–Trinajstić information content (AvgIpc) is 2.94. The molecule has 0 saturated carbocycles. The van der Waals surface area contributed by atoms with E-state index in [4.69, 9.17) is 0 Å². The lowest BCUT2D eigenvalue weighted by Gasteiger charge is -2.32. The highest BCUT2D eigenvalue weighted by atomic mass is 32.2. The van der Waals surface area contributed by atoms with Crippen molar-refractivity contribution < 1.29 is 22.4 Å². The van der Waals surface area contributed by atoms with Gasteiger partial charge in [-0.15, -0.1) is 0 Å². The zero-order valence-electron chi connectivity index (χ0n) is 24.2. The fourth-order valence-electron chi connectivity index (χ4n) is 4.50. The Labute approximate surface area is 243 Å². The van der Waals surface area contributed by atoms with E-state index in [0.717, 1.165) is 23.8 Å². The predicted octanol–water partition coefficient (Wildman–Crippen LogP) is 5.24. The Kier molecular flexibility index (Phi) is 11.5. The van der Waals surface area contributed by atoms with Crippen molar-refractivity contribution in [2.24, 2.45) is 0 Å². The van der Waals surface area contributed by atoms with E-state index >= 15 is 0 Å². The van der Waals surface area contributed by atoms with E-state index in [9.17, 15) is 22.4 Å². The molecule has 9 heteroatoms. The van der Waals surface area contributed by atoms with Crippen molar-refractivity contribution in [1.82, 2.24) is 10.2 Å². The van der Waals surface area contributed by atoms with E-state index in [2.05, 4.69) is 5.32 Å². The van der Waals surface area contributed by atoms with Crippen molar-refractivity contribution in [3.63, 3.8) is 0 Å². The topological polar surface area (TPSA) is 86.8 Å². The van der Waals surface area contributed by atoms with Crippen LogP contribution in [0.1, 0.15) is 49.8 Å². The molecule has 0 spiro atoms. The third kappa shape index (κ3) is 9.70. The minimum Gasteiger partial charge on any atom is -0.352 e. The monoisotopic (exact) mass is 581 g/mol. The SMILES string of the molecule is CC[C@H](C)NC(=O)[C@H](Cc1ccccc1)N(Cc1ccc(F)cc1)C(=O)CCCN(c1ccc(C)cc1)S(C)(=O)=O. The van der Waals surface area contributed by atoms with Gasteiger partial charge < -0.3 is 10.2 Å². The van der Waals surface area contributed by atoms with Crippen molar-refractivity contribution >= 4 is 27.5 Å². The van der Waals surface area contributed by atoms with E-state index in [1.165, 1.54) is 21.3 Å². The molecule has 0 aliphatic rings. The molecule has 1 N–H and O–H groups in total. The molecule has 220 valence electrons. The summed E-state index contributed by atoms with van der Waals surface area (Å²) in [5.41, 5.74) is 3.13. The molecule has 0 aliphatic heterocycles. The highest BCUT2D eigenvalue weighted by Gasteiger charge is 2.31. The molecule has 0 saturated heterocycles. The largest absolute Gasteiger partial charge is 0.352 e. The summed E-state index contributed by atoms with van der Waals surface area (Å²) in [4.78, 5) is 28.9. The molecule has 0 radical (unpaired) electrons. The highest BCUT2D eigenvalue weighted by Crippen LogP contribution is 2.21. The maximum absolute atomic E-state index is 13.8. The summed E-state index contributed by atoms with van der Waals surface area (Å²) >= 11 is 0. The van der Waals surface area contributed by atoms with E-state index in [-0.39, 0.29) is 49.6 Å². The quantitative estimate of drug-likeness (QED) is 0.282. The van der Waals surface area contributed by atoms with Crippen LogP contribution in [-0.4, -0.2) is 50.0 Å². The van der Waals surface area contributed by atoms with Gasteiger partial charge in [0.25, 0.3) is 0 Å². The molecule has 0 aromatic heterocycles. The van der Waals surface area contributed by atoms with Gasteiger partial charge in [-0.1, -0.05) is 67.1 Å². The van der Waals surface area contributed by atoms with Gasteiger partial charge in [0.15, 0.2) is 0 Å². The maximum atomic E-state index is 13.8. The van der Waals surface area contributed by atoms with Crippen LogP contribution in [0, 0.1) is 12.7 Å². The van der Waals surface area contributed by atoms with E-state index in [1.54, 1.807) is 24.3 Å². The van der Waals surface area contributed by atoms with Gasteiger partial charge >= 0.3 is 0 Å². The molecular weight excluding hydrogens is 541 g/mol. The Balaban J connectivity index is 1.88. The molecule has 3 aromatic carbocycles. The molecule has 7 nitrogen and oxygen atoms in total. The highest BCUT2D eigenvalue weighted by molar-refractivity contribution is 7.92. The Morgan fingerprint density at radius 3 is 2.15 bits per heavy atom. The summed E-state index contributed by atoms with van der Waals surface area (Å²) in [6.45, 7) is 6.03. The van der Waals surface area contributed by atoms with Gasteiger partial charge in [0.1, 0.15) is 11.9 Å².